The first-order valence-electron chi connectivity index (χ1n) is 7.23. The molecule has 0 aromatic heterocycles. The molecule has 1 saturated heterocycles. The van der Waals surface area contributed by atoms with Crippen molar-refractivity contribution in [1.82, 2.24) is 16.0 Å². The molecular formula is C14H27N3O3. The minimum absolute atomic E-state index is 0.0200. The van der Waals surface area contributed by atoms with Crippen molar-refractivity contribution in [3.05, 3.63) is 0 Å². The topological polar surface area (TPSA) is 79.5 Å². The fourth-order valence-electron chi connectivity index (χ4n) is 2.40. The second-order valence-corrected chi connectivity index (χ2v) is 5.79. The molecule has 2 amide bonds. The summed E-state index contributed by atoms with van der Waals surface area (Å²) in [5.74, 6) is 0.0638. The van der Waals surface area contributed by atoms with E-state index in [1.807, 2.05) is 13.8 Å². The van der Waals surface area contributed by atoms with Crippen molar-refractivity contribution in [3.8, 4) is 0 Å². The molecule has 3 N–H and O–H groups in total. The molecule has 1 unspecified atom stereocenters. The smallest absolute Gasteiger partial charge is 0.239 e. The molecular weight excluding hydrogens is 258 g/mol. The zero-order valence-electron chi connectivity index (χ0n) is 12.8. The van der Waals surface area contributed by atoms with Gasteiger partial charge in [-0.3, -0.25) is 9.59 Å². The maximum absolute atomic E-state index is 12.3. The molecule has 1 aliphatic rings. The summed E-state index contributed by atoms with van der Waals surface area (Å²) in [6.07, 6.45) is 2.15. The molecule has 0 aromatic carbocycles. The first kappa shape index (κ1) is 16.9. The van der Waals surface area contributed by atoms with Crippen LogP contribution in [0.5, 0.6) is 0 Å². The highest BCUT2D eigenvalue weighted by Gasteiger charge is 2.37. The normalized spacial score (nSPS) is 19.4. The van der Waals surface area contributed by atoms with Crippen molar-refractivity contribution in [1.29, 1.82) is 0 Å². The summed E-state index contributed by atoms with van der Waals surface area (Å²) in [4.78, 5) is 23.8. The zero-order valence-corrected chi connectivity index (χ0v) is 12.8. The number of amides is 2. The van der Waals surface area contributed by atoms with Crippen LogP contribution in [-0.2, 0) is 14.3 Å². The van der Waals surface area contributed by atoms with Gasteiger partial charge in [-0.1, -0.05) is 13.8 Å². The van der Waals surface area contributed by atoms with Gasteiger partial charge >= 0.3 is 0 Å². The Bertz CT molecular complexity index is 326. The van der Waals surface area contributed by atoms with Gasteiger partial charge in [-0.2, -0.15) is 0 Å². The predicted molar refractivity (Wildman–Crippen MR) is 77.3 cm³/mol. The molecule has 116 valence electrons. The third-order valence-electron chi connectivity index (χ3n) is 3.94. The molecule has 6 nitrogen and oxygen atoms in total. The predicted octanol–water partition coefficient (Wildman–Crippen LogP) is -0.109. The van der Waals surface area contributed by atoms with Crippen molar-refractivity contribution in [3.63, 3.8) is 0 Å². The van der Waals surface area contributed by atoms with Crippen LogP contribution in [0.15, 0.2) is 0 Å². The number of rotatable bonds is 7. The molecule has 1 heterocycles. The Morgan fingerprint density at radius 2 is 2.10 bits per heavy atom. The molecule has 1 aliphatic heterocycles. The minimum atomic E-state index is -0.458. The molecule has 6 heteroatoms. The summed E-state index contributed by atoms with van der Waals surface area (Å²) >= 11 is 0. The van der Waals surface area contributed by atoms with Crippen LogP contribution in [-0.4, -0.2) is 51.7 Å². The largest absolute Gasteiger partial charge is 0.383 e. The Balaban J connectivity index is 2.34. The van der Waals surface area contributed by atoms with Gasteiger partial charge in [0.05, 0.1) is 13.2 Å². The highest BCUT2D eigenvalue weighted by atomic mass is 16.5. The third kappa shape index (κ3) is 5.09. The van der Waals surface area contributed by atoms with Gasteiger partial charge < -0.3 is 20.7 Å². The van der Waals surface area contributed by atoms with E-state index < -0.39 is 5.41 Å². The highest BCUT2D eigenvalue weighted by Crippen LogP contribution is 2.31. The van der Waals surface area contributed by atoms with Crippen LogP contribution in [0.1, 0.15) is 26.7 Å². The molecule has 1 fully saturated rings. The first-order valence-corrected chi connectivity index (χ1v) is 7.23. The van der Waals surface area contributed by atoms with Crippen LogP contribution in [0.25, 0.3) is 0 Å². The van der Waals surface area contributed by atoms with Gasteiger partial charge in [0.1, 0.15) is 0 Å². The lowest BCUT2D eigenvalue weighted by Gasteiger charge is -2.35. The molecule has 20 heavy (non-hydrogen) atoms. The first-order chi connectivity index (χ1) is 9.48. The number of hydrogen-bond donors (Lipinski definition) is 3. The van der Waals surface area contributed by atoms with Crippen molar-refractivity contribution in [2.45, 2.75) is 26.7 Å². The fraction of sp³-hybridized carbons (Fsp3) is 0.857. The molecule has 0 saturated carbocycles. The minimum Gasteiger partial charge on any atom is -0.383 e. The summed E-state index contributed by atoms with van der Waals surface area (Å²) < 4.78 is 4.84. The average Bonchev–Trinajstić information content (AvgIpc) is 2.46. The molecule has 1 rings (SSSR count). The Kier molecular flexibility index (Phi) is 6.95. The summed E-state index contributed by atoms with van der Waals surface area (Å²) in [6.45, 7) is 6.73. The summed E-state index contributed by atoms with van der Waals surface area (Å²) in [5, 5.41) is 8.73. The highest BCUT2D eigenvalue weighted by molar-refractivity contribution is 5.87. The van der Waals surface area contributed by atoms with E-state index >= 15 is 0 Å². The molecule has 0 aliphatic carbocycles. The molecule has 1 atom stereocenters. The number of piperidine rings is 1. The maximum atomic E-state index is 12.3. The van der Waals surface area contributed by atoms with E-state index in [2.05, 4.69) is 16.0 Å². The van der Waals surface area contributed by atoms with Crippen LogP contribution in [0.2, 0.25) is 0 Å². The molecule has 0 bridgehead atoms. The van der Waals surface area contributed by atoms with Crippen molar-refractivity contribution < 1.29 is 14.3 Å². The van der Waals surface area contributed by atoms with Crippen molar-refractivity contribution >= 4 is 11.8 Å². The van der Waals surface area contributed by atoms with Crippen LogP contribution in [0.3, 0.4) is 0 Å². The van der Waals surface area contributed by atoms with Gasteiger partial charge in [0.2, 0.25) is 11.8 Å². The second kappa shape index (κ2) is 8.21. The van der Waals surface area contributed by atoms with Gasteiger partial charge in [0.15, 0.2) is 0 Å². The molecule has 0 aromatic rings. The van der Waals surface area contributed by atoms with Gasteiger partial charge in [0.25, 0.3) is 0 Å². The van der Waals surface area contributed by atoms with Crippen LogP contribution < -0.4 is 16.0 Å². The number of ether oxygens (including phenoxy) is 1. The molecule has 0 spiro atoms. The fourth-order valence-corrected chi connectivity index (χ4v) is 2.40. The number of carbonyl (C=O) groups excluding carboxylic acids is 2. The maximum Gasteiger partial charge on any atom is 0.239 e. The summed E-state index contributed by atoms with van der Waals surface area (Å²) in [5.41, 5.74) is -0.458. The van der Waals surface area contributed by atoms with Crippen LogP contribution in [0, 0.1) is 11.3 Å². The monoisotopic (exact) mass is 285 g/mol. The molecule has 0 radical (unpaired) electrons. The number of hydrogen-bond acceptors (Lipinski definition) is 4. The quantitative estimate of drug-likeness (QED) is 0.570. The van der Waals surface area contributed by atoms with Crippen molar-refractivity contribution in [2.24, 2.45) is 11.3 Å². The summed E-state index contributed by atoms with van der Waals surface area (Å²) in [7, 11) is 1.58. The average molecular weight is 285 g/mol. The van der Waals surface area contributed by atoms with E-state index in [-0.39, 0.29) is 18.4 Å². The van der Waals surface area contributed by atoms with Crippen LogP contribution in [0.4, 0.5) is 0 Å². The number of methoxy groups -OCH3 is 1. The van der Waals surface area contributed by atoms with E-state index in [1.54, 1.807) is 7.11 Å². The SMILES string of the molecule is COCCNC(=O)CNC(=O)C(C)(C)C1CCCNC1. The number of nitrogens with one attached hydrogen (secondary N) is 3. The Morgan fingerprint density at radius 3 is 2.70 bits per heavy atom. The van der Waals surface area contributed by atoms with Gasteiger partial charge in [-0.25, -0.2) is 0 Å². The number of carbonyl (C=O) groups is 2. The van der Waals surface area contributed by atoms with E-state index in [4.69, 9.17) is 4.74 Å². The van der Waals surface area contributed by atoms with E-state index in [9.17, 15) is 9.59 Å². The van der Waals surface area contributed by atoms with E-state index in [1.165, 1.54) is 0 Å². The third-order valence-corrected chi connectivity index (χ3v) is 3.94. The van der Waals surface area contributed by atoms with E-state index in [0.717, 1.165) is 25.9 Å². The van der Waals surface area contributed by atoms with Crippen LogP contribution >= 0.6 is 0 Å². The lowest BCUT2D eigenvalue weighted by atomic mass is 9.74. The standard InChI is InChI=1S/C14H27N3O3/c1-14(2,11-5-4-6-15-9-11)13(19)17-10-12(18)16-7-8-20-3/h11,15H,4-10H2,1-3H3,(H,16,18)(H,17,19). The van der Waals surface area contributed by atoms with Crippen molar-refractivity contribution in [2.75, 3.05) is 39.9 Å². The Hall–Kier alpha value is -1.14. The van der Waals surface area contributed by atoms with Gasteiger partial charge in [-0.05, 0) is 31.8 Å². The van der Waals surface area contributed by atoms with Gasteiger partial charge in [-0.15, -0.1) is 0 Å². The summed E-state index contributed by atoms with van der Waals surface area (Å²) in [6, 6.07) is 0. The Morgan fingerprint density at radius 1 is 1.35 bits per heavy atom. The second-order valence-electron chi connectivity index (χ2n) is 5.79. The van der Waals surface area contributed by atoms with E-state index in [0.29, 0.717) is 19.1 Å². The Labute approximate surface area is 121 Å². The lowest BCUT2D eigenvalue weighted by Crippen LogP contribution is -2.49. The lowest BCUT2D eigenvalue weighted by molar-refractivity contribution is -0.134. The van der Waals surface area contributed by atoms with Gasteiger partial charge in [0, 0.05) is 19.1 Å². The zero-order chi connectivity index (χ0) is 15.0.